The number of hydrazone groups is 1. The number of ether oxygens (including phenoxy) is 1. The van der Waals surface area contributed by atoms with Gasteiger partial charge in [-0.1, -0.05) is 29.3 Å². The van der Waals surface area contributed by atoms with Crippen molar-refractivity contribution in [3.8, 4) is 5.75 Å². The first-order valence-corrected chi connectivity index (χ1v) is 14.3. The highest BCUT2D eigenvalue weighted by Crippen LogP contribution is 2.38. The van der Waals surface area contributed by atoms with Gasteiger partial charge in [0, 0.05) is 6.04 Å². The zero-order chi connectivity index (χ0) is 31.1. The third-order valence-corrected chi connectivity index (χ3v) is 7.66. The second kappa shape index (κ2) is 13.7. The molecule has 224 valence electrons. The number of anilines is 1. The van der Waals surface area contributed by atoms with Crippen LogP contribution in [0.4, 0.5) is 18.9 Å². The minimum absolute atomic E-state index is 0.0201. The van der Waals surface area contributed by atoms with Crippen LogP contribution in [0.5, 0.6) is 5.75 Å². The van der Waals surface area contributed by atoms with Gasteiger partial charge in [0.25, 0.3) is 21.8 Å². The molecule has 0 fully saturated rings. The molecule has 0 aliphatic carbocycles. The van der Waals surface area contributed by atoms with Gasteiger partial charge < -0.3 is 10.1 Å². The Labute approximate surface area is 246 Å². The molecule has 0 aromatic heterocycles. The van der Waals surface area contributed by atoms with Crippen LogP contribution in [0.15, 0.2) is 76.7 Å². The number of carbonyl (C=O) groups excluding carboxylic acids is 2. The number of hydrogen-bond acceptors (Lipinski definition) is 6. The number of rotatable bonds is 11. The minimum Gasteiger partial charge on any atom is -0.484 e. The van der Waals surface area contributed by atoms with Gasteiger partial charge in [0.2, 0.25) is 0 Å². The molecule has 2 N–H and O–H groups in total. The summed E-state index contributed by atoms with van der Waals surface area (Å²) in [5, 5.41) is 5.88. The van der Waals surface area contributed by atoms with Gasteiger partial charge in [-0.3, -0.25) is 13.9 Å². The number of amides is 2. The lowest BCUT2D eigenvalue weighted by atomic mass is 10.2. The van der Waals surface area contributed by atoms with Crippen LogP contribution in [0.2, 0.25) is 5.02 Å². The van der Waals surface area contributed by atoms with Crippen molar-refractivity contribution in [3.05, 3.63) is 88.4 Å². The summed E-state index contributed by atoms with van der Waals surface area (Å²) in [6.45, 7) is 4.35. The van der Waals surface area contributed by atoms with Crippen molar-refractivity contribution in [2.45, 2.75) is 37.9 Å². The molecule has 2 amide bonds. The van der Waals surface area contributed by atoms with Crippen LogP contribution < -0.4 is 19.8 Å². The number of benzene rings is 3. The maximum Gasteiger partial charge on any atom is 0.417 e. The van der Waals surface area contributed by atoms with Gasteiger partial charge in [-0.2, -0.15) is 18.3 Å². The van der Waals surface area contributed by atoms with Crippen molar-refractivity contribution in [2.24, 2.45) is 5.10 Å². The Bertz CT molecular complexity index is 1550. The molecule has 3 aromatic rings. The van der Waals surface area contributed by atoms with Crippen LogP contribution in [-0.4, -0.2) is 45.6 Å². The fourth-order valence-corrected chi connectivity index (χ4v) is 5.18. The number of hydrogen-bond donors (Lipinski definition) is 2. The Morgan fingerprint density at radius 1 is 1.02 bits per heavy atom. The van der Waals surface area contributed by atoms with Crippen LogP contribution in [-0.2, 0) is 25.8 Å². The normalized spacial score (nSPS) is 11.9. The Hall–Kier alpha value is -4.10. The summed E-state index contributed by atoms with van der Waals surface area (Å²) in [6.07, 6.45) is -3.59. The first-order valence-electron chi connectivity index (χ1n) is 12.5. The van der Waals surface area contributed by atoms with E-state index in [0.29, 0.717) is 21.7 Å². The van der Waals surface area contributed by atoms with Crippen LogP contribution in [0.1, 0.15) is 30.5 Å². The fourth-order valence-electron chi connectivity index (χ4n) is 3.55. The molecule has 3 rings (SSSR count). The zero-order valence-electron chi connectivity index (χ0n) is 22.8. The maximum absolute atomic E-state index is 13.5. The van der Waals surface area contributed by atoms with Crippen molar-refractivity contribution < 1.29 is 35.9 Å². The highest BCUT2D eigenvalue weighted by molar-refractivity contribution is 7.92. The van der Waals surface area contributed by atoms with E-state index in [-0.39, 0.29) is 23.5 Å². The highest BCUT2D eigenvalue weighted by Gasteiger charge is 2.35. The van der Waals surface area contributed by atoms with Gasteiger partial charge in [-0.05, 0) is 80.9 Å². The number of nitrogens with zero attached hydrogens (tertiary/aromatic N) is 2. The molecule has 3 aromatic carbocycles. The molecule has 0 aliphatic rings. The summed E-state index contributed by atoms with van der Waals surface area (Å²) in [5.74, 6) is -0.764. The summed E-state index contributed by atoms with van der Waals surface area (Å²) < 4.78 is 73.4. The number of carbonyl (C=O) groups is 2. The number of nitrogens with one attached hydrogen (secondary N) is 2. The van der Waals surface area contributed by atoms with Crippen molar-refractivity contribution in [2.75, 3.05) is 17.5 Å². The first-order chi connectivity index (χ1) is 19.7. The number of aryl methyl sites for hydroxylation is 1. The van der Waals surface area contributed by atoms with Crippen LogP contribution in [0, 0.1) is 6.92 Å². The standard InChI is InChI=1S/C28H28ClF3N4O5S/c1-18(2)34-27(38)17-41-22-9-6-20(7-10-22)15-33-35-26(37)16-36(42(39,40)23-11-4-19(3)5-12-23)21-8-13-25(29)24(14-21)28(30,31)32/h4-15,18H,16-17H2,1-3H3,(H,34,38)(H,35,37)/b33-15-. The summed E-state index contributed by atoms with van der Waals surface area (Å²) in [7, 11) is -4.47. The topological polar surface area (TPSA) is 117 Å². The highest BCUT2D eigenvalue weighted by atomic mass is 35.5. The van der Waals surface area contributed by atoms with Crippen molar-refractivity contribution in [1.29, 1.82) is 0 Å². The van der Waals surface area contributed by atoms with Gasteiger partial charge in [0.15, 0.2) is 6.61 Å². The molecule has 0 aliphatic heterocycles. The van der Waals surface area contributed by atoms with Crippen molar-refractivity contribution in [1.82, 2.24) is 10.7 Å². The van der Waals surface area contributed by atoms with Crippen LogP contribution in [0.25, 0.3) is 0 Å². The van der Waals surface area contributed by atoms with E-state index >= 15 is 0 Å². The summed E-state index contributed by atoms with van der Waals surface area (Å²) in [6, 6.07) is 14.5. The molecular weight excluding hydrogens is 597 g/mol. The van der Waals surface area contributed by atoms with Gasteiger partial charge in [0.1, 0.15) is 12.3 Å². The lowest BCUT2D eigenvalue weighted by molar-refractivity contribution is -0.137. The number of sulfonamides is 1. The average Bonchev–Trinajstić information content (AvgIpc) is 2.91. The molecule has 42 heavy (non-hydrogen) atoms. The molecule has 0 spiro atoms. The molecule has 0 saturated heterocycles. The first kappa shape index (κ1) is 32.4. The Kier molecular flexibility index (Phi) is 10.6. The molecule has 0 unspecified atom stereocenters. The monoisotopic (exact) mass is 624 g/mol. The van der Waals surface area contributed by atoms with Crippen LogP contribution in [0.3, 0.4) is 0 Å². The summed E-state index contributed by atoms with van der Waals surface area (Å²) >= 11 is 5.71. The van der Waals surface area contributed by atoms with Crippen molar-refractivity contribution in [3.63, 3.8) is 0 Å². The Morgan fingerprint density at radius 2 is 1.67 bits per heavy atom. The molecule has 0 bridgehead atoms. The third-order valence-electron chi connectivity index (χ3n) is 5.54. The maximum atomic E-state index is 13.5. The van der Waals surface area contributed by atoms with Crippen molar-refractivity contribution >= 4 is 45.3 Å². The minimum atomic E-state index is -4.86. The van der Waals surface area contributed by atoms with E-state index in [1.807, 2.05) is 13.8 Å². The lowest BCUT2D eigenvalue weighted by Crippen LogP contribution is -2.39. The van der Waals surface area contributed by atoms with Gasteiger partial charge in [-0.25, -0.2) is 13.8 Å². The lowest BCUT2D eigenvalue weighted by Gasteiger charge is -2.25. The molecular formula is C28H28ClF3N4O5S. The van der Waals surface area contributed by atoms with E-state index < -0.39 is 44.9 Å². The Morgan fingerprint density at radius 3 is 2.26 bits per heavy atom. The van der Waals surface area contributed by atoms with E-state index in [4.69, 9.17) is 16.3 Å². The predicted molar refractivity (Wildman–Crippen MR) is 153 cm³/mol. The average molecular weight is 625 g/mol. The number of halogens is 4. The predicted octanol–water partition coefficient (Wildman–Crippen LogP) is 4.92. The third kappa shape index (κ3) is 8.95. The largest absolute Gasteiger partial charge is 0.484 e. The second-order valence-corrected chi connectivity index (χ2v) is 11.6. The fraction of sp³-hybridized carbons (Fsp3) is 0.250. The number of alkyl halides is 3. The SMILES string of the molecule is Cc1ccc(S(=O)(=O)N(CC(=O)N/N=C\c2ccc(OCC(=O)NC(C)C)cc2)c2ccc(Cl)c(C(F)(F)F)c2)cc1. The summed E-state index contributed by atoms with van der Waals surface area (Å²) in [4.78, 5) is 24.2. The molecule has 9 nitrogen and oxygen atoms in total. The quantitative estimate of drug-likeness (QED) is 0.232. The molecule has 0 heterocycles. The van der Waals surface area contributed by atoms with E-state index in [2.05, 4.69) is 15.8 Å². The Balaban J connectivity index is 1.77. The van der Waals surface area contributed by atoms with Gasteiger partial charge in [-0.15, -0.1) is 0 Å². The smallest absolute Gasteiger partial charge is 0.417 e. The zero-order valence-corrected chi connectivity index (χ0v) is 24.3. The molecule has 14 heteroatoms. The second-order valence-electron chi connectivity index (χ2n) is 9.36. The summed E-state index contributed by atoms with van der Waals surface area (Å²) in [5.41, 5.74) is 1.81. The van der Waals surface area contributed by atoms with Gasteiger partial charge in [0.05, 0.1) is 27.4 Å². The molecule has 0 atom stereocenters. The van der Waals surface area contributed by atoms with E-state index in [1.165, 1.54) is 30.5 Å². The van der Waals surface area contributed by atoms with Crippen LogP contribution >= 0.6 is 11.6 Å². The molecule has 0 radical (unpaired) electrons. The van der Waals surface area contributed by atoms with E-state index in [9.17, 15) is 31.2 Å². The van der Waals surface area contributed by atoms with E-state index in [0.717, 1.165) is 17.7 Å². The van der Waals surface area contributed by atoms with E-state index in [1.54, 1.807) is 31.2 Å². The molecule has 0 saturated carbocycles. The van der Waals surface area contributed by atoms with Gasteiger partial charge >= 0.3 is 6.18 Å².